The fourth-order valence-corrected chi connectivity index (χ4v) is 1.75. The van der Waals surface area contributed by atoms with E-state index in [1.165, 1.54) is 18.2 Å². The van der Waals surface area contributed by atoms with Gasteiger partial charge < -0.3 is 5.11 Å². The Morgan fingerprint density at radius 2 is 1.85 bits per heavy atom. The summed E-state index contributed by atoms with van der Waals surface area (Å²) < 4.78 is 0. The Hall–Kier alpha value is -2.04. The molecule has 0 bridgehead atoms. The lowest BCUT2D eigenvalue weighted by Crippen LogP contribution is -1.98. The summed E-state index contributed by atoms with van der Waals surface area (Å²) in [5.41, 5.74) is 4.13. The Morgan fingerprint density at radius 3 is 2.50 bits per heavy atom. The van der Waals surface area contributed by atoms with Gasteiger partial charge in [0.05, 0.1) is 22.5 Å². The minimum atomic E-state index is -1.02. The molecule has 0 saturated carbocycles. The molecule has 2 N–H and O–H groups in total. The summed E-state index contributed by atoms with van der Waals surface area (Å²) in [4.78, 5) is 10.9. The highest BCUT2D eigenvalue weighted by Crippen LogP contribution is 2.23. The number of rotatable bonds is 4. The lowest BCUT2D eigenvalue weighted by atomic mass is 10.2. The van der Waals surface area contributed by atoms with Crippen LogP contribution in [0.5, 0.6) is 0 Å². The molecule has 0 radical (unpaired) electrons. The maximum Gasteiger partial charge on any atom is 0.335 e. The third-order valence-electron chi connectivity index (χ3n) is 2.48. The average molecular weight is 309 g/mol. The standard InChI is InChI=1S/C14H10Cl2N2O2/c15-11-4-1-9(2-5-11)8-17-18-13-7-10(14(19)20)3-6-12(13)16/h1-8,18H,(H,19,20)/b17-8-. The van der Waals surface area contributed by atoms with Crippen molar-refractivity contribution in [3.05, 3.63) is 63.6 Å². The van der Waals surface area contributed by atoms with Crippen molar-refractivity contribution in [1.29, 1.82) is 0 Å². The van der Waals surface area contributed by atoms with Crippen molar-refractivity contribution >= 4 is 41.1 Å². The number of benzene rings is 2. The molecule has 0 aliphatic rings. The number of halogens is 2. The highest BCUT2D eigenvalue weighted by atomic mass is 35.5. The topological polar surface area (TPSA) is 61.7 Å². The lowest BCUT2D eigenvalue weighted by Gasteiger charge is -2.04. The second-order valence-corrected chi connectivity index (χ2v) is 4.76. The summed E-state index contributed by atoms with van der Waals surface area (Å²) in [6, 6.07) is 11.5. The summed E-state index contributed by atoms with van der Waals surface area (Å²) in [6.07, 6.45) is 1.58. The van der Waals surface area contributed by atoms with E-state index in [2.05, 4.69) is 10.5 Å². The molecule has 0 atom stereocenters. The number of hydrogen-bond donors (Lipinski definition) is 2. The fraction of sp³-hybridized carbons (Fsp3) is 0. The molecule has 0 aliphatic heterocycles. The summed E-state index contributed by atoms with van der Waals surface area (Å²) in [5, 5.41) is 14.0. The van der Waals surface area contributed by atoms with Gasteiger partial charge in [0.1, 0.15) is 0 Å². The number of anilines is 1. The molecule has 20 heavy (non-hydrogen) atoms. The molecule has 102 valence electrons. The molecule has 0 saturated heterocycles. The third-order valence-corrected chi connectivity index (χ3v) is 3.06. The molecule has 2 aromatic rings. The zero-order chi connectivity index (χ0) is 14.5. The first-order valence-electron chi connectivity index (χ1n) is 5.64. The van der Waals surface area contributed by atoms with Crippen molar-refractivity contribution in [2.75, 3.05) is 5.43 Å². The Balaban J connectivity index is 2.12. The molecule has 2 rings (SSSR count). The van der Waals surface area contributed by atoms with E-state index in [0.717, 1.165) is 5.56 Å². The van der Waals surface area contributed by atoms with Crippen LogP contribution in [-0.2, 0) is 0 Å². The molecule has 0 aromatic heterocycles. The number of hydrazone groups is 1. The van der Waals surface area contributed by atoms with Gasteiger partial charge in [-0.05, 0) is 35.9 Å². The first kappa shape index (κ1) is 14.4. The molecule has 6 heteroatoms. The summed E-state index contributed by atoms with van der Waals surface area (Å²) in [6.45, 7) is 0. The Kier molecular flexibility index (Phi) is 4.61. The zero-order valence-electron chi connectivity index (χ0n) is 10.2. The van der Waals surface area contributed by atoms with Gasteiger partial charge in [0.15, 0.2) is 0 Å². The fourth-order valence-electron chi connectivity index (χ4n) is 1.47. The van der Waals surface area contributed by atoms with E-state index in [-0.39, 0.29) is 5.56 Å². The summed E-state index contributed by atoms with van der Waals surface area (Å²) >= 11 is 11.7. The van der Waals surface area contributed by atoms with Crippen LogP contribution in [-0.4, -0.2) is 17.3 Å². The highest BCUT2D eigenvalue weighted by molar-refractivity contribution is 6.33. The van der Waals surface area contributed by atoms with Crippen LogP contribution in [0.3, 0.4) is 0 Å². The number of hydrogen-bond acceptors (Lipinski definition) is 3. The monoisotopic (exact) mass is 308 g/mol. The number of carboxylic acid groups (broad SMARTS) is 1. The molecule has 0 unspecified atom stereocenters. The van der Waals surface area contributed by atoms with E-state index >= 15 is 0 Å². The van der Waals surface area contributed by atoms with Gasteiger partial charge in [-0.15, -0.1) is 0 Å². The highest BCUT2D eigenvalue weighted by Gasteiger charge is 2.06. The number of carbonyl (C=O) groups is 1. The van der Waals surface area contributed by atoms with Crippen molar-refractivity contribution < 1.29 is 9.90 Å². The van der Waals surface area contributed by atoms with Crippen LogP contribution in [0.15, 0.2) is 47.6 Å². The first-order chi connectivity index (χ1) is 9.56. The van der Waals surface area contributed by atoms with Crippen LogP contribution in [0, 0.1) is 0 Å². The molecule has 4 nitrogen and oxygen atoms in total. The van der Waals surface area contributed by atoms with Crippen molar-refractivity contribution in [2.24, 2.45) is 5.10 Å². The van der Waals surface area contributed by atoms with Gasteiger partial charge >= 0.3 is 5.97 Å². The minimum absolute atomic E-state index is 0.138. The second-order valence-electron chi connectivity index (χ2n) is 3.92. The summed E-state index contributed by atoms with van der Waals surface area (Å²) in [5.74, 6) is -1.02. The molecular weight excluding hydrogens is 299 g/mol. The van der Waals surface area contributed by atoms with Crippen molar-refractivity contribution in [3.63, 3.8) is 0 Å². The van der Waals surface area contributed by atoms with Crippen LogP contribution < -0.4 is 5.43 Å². The predicted molar refractivity (Wildman–Crippen MR) is 81.1 cm³/mol. The Morgan fingerprint density at radius 1 is 1.15 bits per heavy atom. The van der Waals surface area contributed by atoms with Crippen LogP contribution in [0.4, 0.5) is 5.69 Å². The van der Waals surface area contributed by atoms with Gasteiger partial charge in [-0.2, -0.15) is 5.10 Å². The average Bonchev–Trinajstić information content (AvgIpc) is 2.43. The SMILES string of the molecule is O=C(O)c1ccc(Cl)c(N/N=C\c2ccc(Cl)cc2)c1. The number of nitrogens with zero attached hydrogens (tertiary/aromatic N) is 1. The van der Waals surface area contributed by atoms with E-state index in [1.807, 2.05) is 12.1 Å². The number of aromatic carboxylic acids is 1. The molecule has 0 spiro atoms. The largest absolute Gasteiger partial charge is 0.478 e. The molecule has 2 aromatic carbocycles. The lowest BCUT2D eigenvalue weighted by molar-refractivity contribution is 0.0697. The predicted octanol–water partition coefficient (Wildman–Crippen LogP) is 4.14. The van der Waals surface area contributed by atoms with Crippen LogP contribution in [0.2, 0.25) is 10.0 Å². The molecule has 0 amide bonds. The van der Waals surface area contributed by atoms with Gasteiger partial charge in [-0.25, -0.2) is 4.79 Å². The van der Waals surface area contributed by atoms with Gasteiger partial charge in [-0.1, -0.05) is 35.3 Å². The Labute approximate surface area is 125 Å². The van der Waals surface area contributed by atoms with Gasteiger partial charge in [0.2, 0.25) is 0 Å². The van der Waals surface area contributed by atoms with Crippen LogP contribution in [0.1, 0.15) is 15.9 Å². The van der Waals surface area contributed by atoms with Crippen molar-refractivity contribution in [2.45, 2.75) is 0 Å². The van der Waals surface area contributed by atoms with Crippen LogP contribution >= 0.6 is 23.2 Å². The first-order valence-corrected chi connectivity index (χ1v) is 6.39. The van der Waals surface area contributed by atoms with E-state index in [4.69, 9.17) is 28.3 Å². The van der Waals surface area contributed by atoms with Crippen molar-refractivity contribution in [3.8, 4) is 0 Å². The maximum absolute atomic E-state index is 10.9. The van der Waals surface area contributed by atoms with E-state index in [0.29, 0.717) is 15.7 Å². The van der Waals surface area contributed by atoms with E-state index < -0.39 is 5.97 Å². The quantitative estimate of drug-likeness (QED) is 0.659. The minimum Gasteiger partial charge on any atom is -0.478 e. The van der Waals surface area contributed by atoms with Crippen LogP contribution in [0.25, 0.3) is 0 Å². The van der Waals surface area contributed by atoms with Gasteiger partial charge in [0, 0.05) is 5.02 Å². The van der Waals surface area contributed by atoms with Gasteiger partial charge in [0.25, 0.3) is 0 Å². The third kappa shape index (κ3) is 3.73. The van der Waals surface area contributed by atoms with E-state index in [9.17, 15) is 4.79 Å². The molecule has 0 fully saturated rings. The smallest absolute Gasteiger partial charge is 0.335 e. The Bertz CT molecular complexity index is 655. The number of carboxylic acids is 1. The number of nitrogens with one attached hydrogen (secondary N) is 1. The second kappa shape index (κ2) is 6.41. The maximum atomic E-state index is 10.9. The van der Waals surface area contributed by atoms with E-state index in [1.54, 1.807) is 18.3 Å². The van der Waals surface area contributed by atoms with Gasteiger partial charge in [-0.3, -0.25) is 5.43 Å². The summed E-state index contributed by atoms with van der Waals surface area (Å²) in [7, 11) is 0. The normalized spacial score (nSPS) is 10.7. The molecule has 0 aliphatic carbocycles. The molecule has 0 heterocycles. The molecular formula is C14H10Cl2N2O2. The van der Waals surface area contributed by atoms with Crippen molar-refractivity contribution in [1.82, 2.24) is 0 Å². The zero-order valence-corrected chi connectivity index (χ0v) is 11.7.